The lowest BCUT2D eigenvalue weighted by molar-refractivity contribution is -0.143. The Morgan fingerprint density at radius 3 is 2.35 bits per heavy atom. The fourth-order valence-electron chi connectivity index (χ4n) is 3.43. The third-order valence-corrected chi connectivity index (χ3v) is 4.62. The minimum Gasteiger partial charge on any atom is -0.481 e. The molecule has 0 saturated carbocycles. The van der Waals surface area contributed by atoms with Crippen LogP contribution in [0.25, 0.3) is 0 Å². The SMILES string of the molecule is CC(C)(C)OC(=O)N1CCCC(CN2CCC(C(=O)O)CC2)C1. The largest absolute Gasteiger partial charge is 0.481 e. The van der Waals surface area contributed by atoms with Crippen LogP contribution in [0.2, 0.25) is 0 Å². The van der Waals surface area contributed by atoms with Gasteiger partial charge in [-0.15, -0.1) is 0 Å². The molecule has 2 heterocycles. The van der Waals surface area contributed by atoms with E-state index in [0.717, 1.165) is 58.4 Å². The number of nitrogens with zero attached hydrogens (tertiary/aromatic N) is 2. The lowest BCUT2D eigenvalue weighted by atomic mass is 9.93. The molecule has 0 spiro atoms. The molecule has 0 aliphatic carbocycles. The van der Waals surface area contributed by atoms with Crippen LogP contribution in [0.4, 0.5) is 4.79 Å². The number of carbonyl (C=O) groups excluding carboxylic acids is 1. The average Bonchev–Trinajstić information content (AvgIpc) is 2.46. The number of likely N-dealkylation sites (tertiary alicyclic amines) is 2. The summed E-state index contributed by atoms with van der Waals surface area (Å²) in [5, 5.41) is 9.06. The van der Waals surface area contributed by atoms with Crippen LogP contribution in [0.3, 0.4) is 0 Å². The van der Waals surface area contributed by atoms with Gasteiger partial charge in [0.25, 0.3) is 0 Å². The van der Waals surface area contributed by atoms with Crippen molar-refractivity contribution in [3.8, 4) is 0 Å². The normalized spacial score (nSPS) is 24.5. The number of hydrogen-bond acceptors (Lipinski definition) is 4. The van der Waals surface area contributed by atoms with E-state index < -0.39 is 11.6 Å². The Morgan fingerprint density at radius 2 is 1.78 bits per heavy atom. The van der Waals surface area contributed by atoms with Crippen LogP contribution in [0.5, 0.6) is 0 Å². The molecule has 2 aliphatic rings. The van der Waals surface area contributed by atoms with Crippen molar-refractivity contribution in [2.24, 2.45) is 11.8 Å². The van der Waals surface area contributed by atoms with Crippen LogP contribution >= 0.6 is 0 Å². The number of aliphatic carboxylic acids is 1. The Balaban J connectivity index is 1.78. The van der Waals surface area contributed by atoms with Gasteiger partial charge in [-0.2, -0.15) is 0 Å². The van der Waals surface area contributed by atoms with Gasteiger partial charge in [-0.05, 0) is 65.5 Å². The van der Waals surface area contributed by atoms with E-state index in [0.29, 0.717) is 5.92 Å². The summed E-state index contributed by atoms with van der Waals surface area (Å²) >= 11 is 0. The lowest BCUT2D eigenvalue weighted by Gasteiger charge is -2.38. The van der Waals surface area contributed by atoms with Crippen molar-refractivity contribution < 1.29 is 19.4 Å². The van der Waals surface area contributed by atoms with Gasteiger partial charge in [0.05, 0.1) is 5.92 Å². The van der Waals surface area contributed by atoms with Gasteiger partial charge in [0, 0.05) is 19.6 Å². The fraction of sp³-hybridized carbons (Fsp3) is 0.882. The molecule has 1 amide bonds. The average molecular weight is 326 g/mol. The highest BCUT2D eigenvalue weighted by Crippen LogP contribution is 2.23. The molecule has 2 rings (SSSR count). The van der Waals surface area contributed by atoms with Crippen molar-refractivity contribution in [2.45, 2.75) is 52.1 Å². The monoisotopic (exact) mass is 326 g/mol. The first-order chi connectivity index (χ1) is 10.7. The standard InChI is InChI=1S/C17H30N2O4/c1-17(2,3)23-16(22)19-8-4-5-13(12-19)11-18-9-6-14(7-10-18)15(20)21/h13-14H,4-12H2,1-3H3,(H,20,21). The molecule has 2 saturated heterocycles. The molecular formula is C17H30N2O4. The molecule has 1 N–H and O–H groups in total. The Morgan fingerprint density at radius 1 is 1.13 bits per heavy atom. The van der Waals surface area contributed by atoms with Gasteiger partial charge in [0.15, 0.2) is 0 Å². The van der Waals surface area contributed by atoms with Crippen molar-refractivity contribution in [2.75, 3.05) is 32.7 Å². The number of carboxylic acids is 1. The van der Waals surface area contributed by atoms with Crippen LogP contribution < -0.4 is 0 Å². The predicted octanol–water partition coefficient (Wildman–Crippen LogP) is 2.43. The maximum atomic E-state index is 12.2. The number of carbonyl (C=O) groups is 2. The minimum absolute atomic E-state index is 0.184. The summed E-state index contributed by atoms with van der Waals surface area (Å²) in [5.74, 6) is -0.396. The van der Waals surface area contributed by atoms with Crippen LogP contribution in [0, 0.1) is 11.8 Å². The summed E-state index contributed by atoms with van der Waals surface area (Å²) in [7, 11) is 0. The summed E-state index contributed by atoms with van der Waals surface area (Å²) < 4.78 is 5.46. The van der Waals surface area contributed by atoms with Gasteiger partial charge in [-0.1, -0.05) is 0 Å². The highest BCUT2D eigenvalue weighted by Gasteiger charge is 2.30. The highest BCUT2D eigenvalue weighted by molar-refractivity contribution is 5.70. The van der Waals surface area contributed by atoms with E-state index in [9.17, 15) is 9.59 Å². The topological polar surface area (TPSA) is 70.1 Å². The number of ether oxygens (including phenoxy) is 1. The van der Waals surface area contributed by atoms with E-state index >= 15 is 0 Å². The molecule has 2 aliphatic heterocycles. The van der Waals surface area contributed by atoms with E-state index in [2.05, 4.69) is 4.90 Å². The maximum absolute atomic E-state index is 12.2. The first kappa shape index (κ1) is 18.0. The van der Waals surface area contributed by atoms with Crippen molar-refractivity contribution >= 4 is 12.1 Å². The van der Waals surface area contributed by atoms with E-state index in [1.165, 1.54) is 0 Å². The second kappa shape index (κ2) is 7.51. The second-order valence-electron chi connectivity index (χ2n) is 7.85. The van der Waals surface area contributed by atoms with Gasteiger partial charge < -0.3 is 19.6 Å². The minimum atomic E-state index is -0.668. The van der Waals surface area contributed by atoms with E-state index in [-0.39, 0.29) is 12.0 Å². The van der Waals surface area contributed by atoms with Gasteiger partial charge in [0.1, 0.15) is 5.60 Å². The molecule has 6 heteroatoms. The number of rotatable bonds is 3. The van der Waals surface area contributed by atoms with E-state index in [4.69, 9.17) is 9.84 Å². The Labute approximate surface area is 138 Å². The Kier molecular flexibility index (Phi) is 5.89. The zero-order valence-electron chi connectivity index (χ0n) is 14.6. The van der Waals surface area contributed by atoms with Crippen LogP contribution in [-0.2, 0) is 9.53 Å². The van der Waals surface area contributed by atoms with Crippen molar-refractivity contribution in [1.29, 1.82) is 0 Å². The molecular weight excluding hydrogens is 296 g/mol. The number of piperidine rings is 2. The second-order valence-corrected chi connectivity index (χ2v) is 7.85. The zero-order valence-corrected chi connectivity index (χ0v) is 14.6. The number of carboxylic acid groups (broad SMARTS) is 1. The van der Waals surface area contributed by atoms with E-state index in [1.807, 2.05) is 25.7 Å². The third-order valence-electron chi connectivity index (χ3n) is 4.62. The van der Waals surface area contributed by atoms with Crippen molar-refractivity contribution in [3.63, 3.8) is 0 Å². The number of hydrogen-bond donors (Lipinski definition) is 1. The lowest BCUT2D eigenvalue weighted by Crippen LogP contribution is -2.47. The van der Waals surface area contributed by atoms with Gasteiger partial charge >= 0.3 is 12.1 Å². The zero-order chi connectivity index (χ0) is 17.0. The maximum Gasteiger partial charge on any atom is 0.410 e. The molecule has 6 nitrogen and oxygen atoms in total. The van der Waals surface area contributed by atoms with Crippen LogP contribution in [0.1, 0.15) is 46.5 Å². The summed E-state index contributed by atoms with van der Waals surface area (Å²) in [6.07, 6.45) is 3.38. The summed E-state index contributed by atoms with van der Waals surface area (Å²) in [5.41, 5.74) is -0.456. The molecule has 23 heavy (non-hydrogen) atoms. The molecule has 1 atom stereocenters. The quantitative estimate of drug-likeness (QED) is 0.862. The highest BCUT2D eigenvalue weighted by atomic mass is 16.6. The van der Waals surface area contributed by atoms with Gasteiger partial charge in [-0.3, -0.25) is 4.79 Å². The Bertz CT molecular complexity index is 425. The van der Waals surface area contributed by atoms with E-state index in [1.54, 1.807) is 0 Å². The molecule has 0 aromatic carbocycles. The summed E-state index contributed by atoms with van der Waals surface area (Å²) in [6.45, 7) is 9.82. The van der Waals surface area contributed by atoms with Crippen molar-refractivity contribution in [1.82, 2.24) is 9.80 Å². The van der Waals surface area contributed by atoms with Gasteiger partial charge in [0.2, 0.25) is 0 Å². The van der Waals surface area contributed by atoms with Crippen molar-refractivity contribution in [3.05, 3.63) is 0 Å². The molecule has 132 valence electrons. The number of amides is 1. The Hall–Kier alpha value is -1.30. The van der Waals surface area contributed by atoms with Crippen LogP contribution in [-0.4, -0.2) is 65.3 Å². The van der Waals surface area contributed by atoms with Crippen LogP contribution in [0.15, 0.2) is 0 Å². The molecule has 0 bridgehead atoms. The molecule has 0 aromatic heterocycles. The first-order valence-corrected chi connectivity index (χ1v) is 8.67. The van der Waals surface area contributed by atoms with Gasteiger partial charge in [-0.25, -0.2) is 4.79 Å². The fourth-order valence-corrected chi connectivity index (χ4v) is 3.43. The molecule has 0 radical (unpaired) electrons. The third kappa shape index (κ3) is 5.68. The first-order valence-electron chi connectivity index (χ1n) is 8.67. The smallest absolute Gasteiger partial charge is 0.410 e. The molecule has 2 fully saturated rings. The predicted molar refractivity (Wildman–Crippen MR) is 87.3 cm³/mol. The molecule has 0 aromatic rings. The summed E-state index contributed by atoms with van der Waals surface area (Å²) in [4.78, 5) is 27.4. The summed E-state index contributed by atoms with van der Waals surface area (Å²) in [6, 6.07) is 0. The molecule has 1 unspecified atom stereocenters.